The van der Waals surface area contributed by atoms with Crippen molar-refractivity contribution in [3.63, 3.8) is 0 Å². The molecule has 0 aromatic rings. The number of allylic oxidation sites excluding steroid dienone is 4. The highest BCUT2D eigenvalue weighted by atomic mass is 14.5. The quantitative estimate of drug-likeness (QED) is 0.665. The third kappa shape index (κ3) is 2.67. The second-order valence-corrected chi connectivity index (χ2v) is 3.08. The first kappa shape index (κ1) is 9.27. The SMILES string of the molecule is C/C=C(\C=C1\C=CCCC1)CN. The minimum atomic E-state index is 0.647. The lowest BCUT2D eigenvalue weighted by Gasteiger charge is -2.07. The van der Waals surface area contributed by atoms with E-state index in [0.717, 1.165) is 0 Å². The van der Waals surface area contributed by atoms with Gasteiger partial charge in [0.1, 0.15) is 0 Å². The van der Waals surface area contributed by atoms with Gasteiger partial charge in [-0.15, -0.1) is 0 Å². The van der Waals surface area contributed by atoms with Gasteiger partial charge in [0.15, 0.2) is 0 Å². The molecule has 0 spiro atoms. The van der Waals surface area contributed by atoms with E-state index in [2.05, 4.69) is 24.3 Å². The van der Waals surface area contributed by atoms with E-state index in [1.807, 2.05) is 6.92 Å². The first-order valence-electron chi connectivity index (χ1n) is 4.59. The first-order chi connectivity index (χ1) is 5.86. The average molecular weight is 163 g/mol. The summed E-state index contributed by atoms with van der Waals surface area (Å²) < 4.78 is 0. The molecule has 0 heterocycles. The van der Waals surface area contributed by atoms with Gasteiger partial charge in [-0.25, -0.2) is 0 Å². The maximum Gasteiger partial charge on any atom is 0.0174 e. The van der Waals surface area contributed by atoms with E-state index in [1.54, 1.807) is 0 Å². The Hall–Kier alpha value is -0.820. The maximum atomic E-state index is 5.56. The molecule has 1 heteroatoms. The van der Waals surface area contributed by atoms with E-state index < -0.39 is 0 Å². The molecule has 1 aliphatic carbocycles. The van der Waals surface area contributed by atoms with E-state index in [0.29, 0.717) is 6.54 Å². The summed E-state index contributed by atoms with van der Waals surface area (Å²) in [6, 6.07) is 0. The monoisotopic (exact) mass is 163 g/mol. The molecule has 0 atom stereocenters. The van der Waals surface area contributed by atoms with Crippen molar-refractivity contribution in [3.8, 4) is 0 Å². The van der Waals surface area contributed by atoms with Gasteiger partial charge >= 0.3 is 0 Å². The molecule has 0 unspecified atom stereocenters. The molecule has 0 aliphatic heterocycles. The average Bonchev–Trinajstić information content (AvgIpc) is 2.16. The Bertz CT molecular complexity index is 221. The molecule has 0 saturated carbocycles. The van der Waals surface area contributed by atoms with Crippen molar-refractivity contribution >= 4 is 0 Å². The zero-order valence-electron chi connectivity index (χ0n) is 7.72. The van der Waals surface area contributed by atoms with Crippen molar-refractivity contribution in [1.82, 2.24) is 0 Å². The molecule has 1 rings (SSSR count). The predicted molar refractivity (Wildman–Crippen MR) is 53.9 cm³/mol. The number of hydrogen-bond acceptors (Lipinski definition) is 1. The van der Waals surface area contributed by atoms with Crippen molar-refractivity contribution in [2.24, 2.45) is 5.73 Å². The zero-order chi connectivity index (χ0) is 8.81. The summed E-state index contributed by atoms with van der Waals surface area (Å²) in [6.45, 7) is 2.68. The van der Waals surface area contributed by atoms with Gasteiger partial charge in [-0.1, -0.05) is 24.3 Å². The van der Waals surface area contributed by atoms with Gasteiger partial charge in [0, 0.05) is 6.54 Å². The Morgan fingerprint density at radius 3 is 3.00 bits per heavy atom. The highest BCUT2D eigenvalue weighted by Crippen LogP contribution is 2.17. The lowest BCUT2D eigenvalue weighted by molar-refractivity contribution is 0.819. The van der Waals surface area contributed by atoms with Gasteiger partial charge in [0.05, 0.1) is 0 Å². The largest absolute Gasteiger partial charge is 0.327 e. The number of hydrogen-bond donors (Lipinski definition) is 1. The molecule has 1 nitrogen and oxygen atoms in total. The van der Waals surface area contributed by atoms with Crippen LogP contribution in [0.3, 0.4) is 0 Å². The minimum absolute atomic E-state index is 0.647. The summed E-state index contributed by atoms with van der Waals surface area (Å²) in [6.07, 6.45) is 12.4. The van der Waals surface area contributed by atoms with Crippen LogP contribution in [0.15, 0.2) is 35.5 Å². The smallest absolute Gasteiger partial charge is 0.0174 e. The van der Waals surface area contributed by atoms with Gasteiger partial charge in [0.25, 0.3) is 0 Å². The normalized spacial score (nSPS) is 21.8. The molecule has 0 saturated heterocycles. The van der Waals surface area contributed by atoms with Crippen LogP contribution in [-0.2, 0) is 0 Å². The van der Waals surface area contributed by atoms with Gasteiger partial charge in [-0.3, -0.25) is 0 Å². The minimum Gasteiger partial charge on any atom is -0.327 e. The Morgan fingerprint density at radius 1 is 1.67 bits per heavy atom. The van der Waals surface area contributed by atoms with Crippen molar-refractivity contribution in [2.45, 2.75) is 26.2 Å². The molecule has 1 aliphatic rings. The van der Waals surface area contributed by atoms with E-state index in [1.165, 1.54) is 30.4 Å². The highest BCUT2D eigenvalue weighted by molar-refractivity contribution is 5.31. The van der Waals surface area contributed by atoms with Crippen LogP contribution in [0.25, 0.3) is 0 Å². The fourth-order valence-electron chi connectivity index (χ4n) is 1.36. The maximum absolute atomic E-state index is 5.56. The third-order valence-corrected chi connectivity index (χ3v) is 2.15. The molecule has 66 valence electrons. The summed E-state index contributed by atoms with van der Waals surface area (Å²) in [5.74, 6) is 0. The zero-order valence-corrected chi connectivity index (χ0v) is 7.72. The Labute approximate surface area is 74.7 Å². The van der Waals surface area contributed by atoms with E-state index >= 15 is 0 Å². The fraction of sp³-hybridized carbons (Fsp3) is 0.455. The van der Waals surface area contributed by atoms with E-state index in [4.69, 9.17) is 5.73 Å². The standard InChI is InChI=1S/C11H17N/c1-2-10(9-12)8-11-6-4-3-5-7-11/h2,4,6,8H,3,5,7,9,12H2,1H3/b10-2+,11-8-. The highest BCUT2D eigenvalue weighted by Gasteiger charge is 1.98. The summed E-state index contributed by atoms with van der Waals surface area (Å²) in [5.41, 5.74) is 8.21. The van der Waals surface area contributed by atoms with Crippen molar-refractivity contribution in [1.29, 1.82) is 0 Å². The van der Waals surface area contributed by atoms with Crippen LogP contribution >= 0.6 is 0 Å². The van der Waals surface area contributed by atoms with E-state index in [9.17, 15) is 0 Å². The van der Waals surface area contributed by atoms with Crippen LogP contribution in [0.4, 0.5) is 0 Å². The van der Waals surface area contributed by atoms with Crippen LogP contribution in [0.2, 0.25) is 0 Å². The van der Waals surface area contributed by atoms with Gasteiger partial charge in [0.2, 0.25) is 0 Å². The van der Waals surface area contributed by atoms with Crippen LogP contribution < -0.4 is 5.73 Å². The number of rotatable bonds is 2. The second-order valence-electron chi connectivity index (χ2n) is 3.08. The molecule has 0 bridgehead atoms. The molecule has 0 radical (unpaired) electrons. The first-order valence-corrected chi connectivity index (χ1v) is 4.59. The van der Waals surface area contributed by atoms with Gasteiger partial charge in [-0.2, -0.15) is 0 Å². The summed E-state index contributed by atoms with van der Waals surface area (Å²) >= 11 is 0. The van der Waals surface area contributed by atoms with Crippen LogP contribution in [0.5, 0.6) is 0 Å². The lowest BCUT2D eigenvalue weighted by atomic mass is 10.00. The van der Waals surface area contributed by atoms with Crippen LogP contribution in [0.1, 0.15) is 26.2 Å². The molecular formula is C11H17N. The van der Waals surface area contributed by atoms with Gasteiger partial charge < -0.3 is 5.73 Å². The predicted octanol–water partition coefficient (Wildman–Crippen LogP) is 2.56. The molecule has 2 N–H and O–H groups in total. The topological polar surface area (TPSA) is 26.0 Å². The molecular weight excluding hydrogens is 146 g/mol. The molecule has 0 fully saturated rings. The van der Waals surface area contributed by atoms with Crippen LogP contribution in [0, 0.1) is 0 Å². The molecule has 0 amide bonds. The van der Waals surface area contributed by atoms with Crippen molar-refractivity contribution < 1.29 is 0 Å². The Morgan fingerprint density at radius 2 is 2.50 bits per heavy atom. The Kier molecular flexibility index (Phi) is 3.81. The van der Waals surface area contributed by atoms with Crippen molar-refractivity contribution in [2.75, 3.05) is 6.54 Å². The molecule has 0 aromatic heterocycles. The Balaban J connectivity index is 2.66. The molecule has 0 aromatic carbocycles. The fourth-order valence-corrected chi connectivity index (χ4v) is 1.36. The number of nitrogens with two attached hydrogens (primary N) is 1. The lowest BCUT2D eigenvalue weighted by Crippen LogP contribution is -2.01. The van der Waals surface area contributed by atoms with Crippen molar-refractivity contribution in [3.05, 3.63) is 35.5 Å². The summed E-state index contributed by atoms with van der Waals surface area (Å²) in [5, 5.41) is 0. The van der Waals surface area contributed by atoms with Gasteiger partial charge in [-0.05, 0) is 37.3 Å². The summed E-state index contributed by atoms with van der Waals surface area (Å²) in [4.78, 5) is 0. The van der Waals surface area contributed by atoms with E-state index in [-0.39, 0.29) is 0 Å². The third-order valence-electron chi connectivity index (χ3n) is 2.15. The summed E-state index contributed by atoms with van der Waals surface area (Å²) in [7, 11) is 0. The molecule has 12 heavy (non-hydrogen) atoms. The van der Waals surface area contributed by atoms with Crippen LogP contribution in [-0.4, -0.2) is 6.54 Å². The second kappa shape index (κ2) is 4.94.